The highest BCUT2D eigenvalue weighted by Gasteiger charge is 2.55. The largest absolute Gasteiger partial charge is 0.405 e. The second-order valence-corrected chi connectivity index (χ2v) is 13.9. The quantitative estimate of drug-likeness (QED) is 0.684. The Kier molecular flexibility index (Phi) is 5.23. The molecular formula is C25H30FNO2Si. The molecule has 0 saturated carbocycles. The second-order valence-electron chi connectivity index (χ2n) is 9.60. The monoisotopic (exact) mass is 423 g/mol. The van der Waals surface area contributed by atoms with E-state index in [0.29, 0.717) is 18.6 Å². The predicted octanol–water partition coefficient (Wildman–Crippen LogP) is 3.83. The smallest absolute Gasteiger partial charge is 0.261 e. The maximum atomic E-state index is 14.4. The Morgan fingerprint density at radius 2 is 1.60 bits per heavy atom. The number of amides is 1. The van der Waals surface area contributed by atoms with Crippen LogP contribution < -0.4 is 10.4 Å². The van der Waals surface area contributed by atoms with Crippen LogP contribution in [0.4, 0.5) is 4.39 Å². The van der Waals surface area contributed by atoms with Crippen LogP contribution in [0.15, 0.2) is 72.3 Å². The van der Waals surface area contributed by atoms with Crippen LogP contribution in [0.1, 0.15) is 34.1 Å². The van der Waals surface area contributed by atoms with Gasteiger partial charge in [-0.05, 0) is 28.4 Å². The van der Waals surface area contributed by atoms with E-state index in [4.69, 9.17) is 4.43 Å². The zero-order valence-corrected chi connectivity index (χ0v) is 19.2. The van der Waals surface area contributed by atoms with Crippen LogP contribution >= 0.6 is 0 Å². The van der Waals surface area contributed by atoms with Crippen molar-refractivity contribution in [2.24, 2.45) is 0 Å². The van der Waals surface area contributed by atoms with Gasteiger partial charge in [-0.25, -0.2) is 4.39 Å². The molecule has 2 aromatic carbocycles. The average Bonchev–Trinajstić information content (AvgIpc) is 3.14. The number of hydrogen-bond acceptors (Lipinski definition) is 2. The Morgan fingerprint density at radius 3 is 2.10 bits per heavy atom. The summed E-state index contributed by atoms with van der Waals surface area (Å²) in [6.45, 7) is 8.95. The number of hydrogen-bond donors (Lipinski definition) is 0. The van der Waals surface area contributed by atoms with Crippen LogP contribution in [-0.4, -0.2) is 44.0 Å². The predicted molar refractivity (Wildman–Crippen MR) is 121 cm³/mol. The zero-order chi connectivity index (χ0) is 21.6. The van der Waals surface area contributed by atoms with E-state index < -0.39 is 20.0 Å². The third-order valence-corrected chi connectivity index (χ3v) is 11.5. The Bertz CT molecular complexity index is 915. The van der Waals surface area contributed by atoms with Crippen LogP contribution in [0.2, 0.25) is 5.04 Å². The Morgan fingerprint density at radius 1 is 1.07 bits per heavy atom. The van der Waals surface area contributed by atoms with Crippen molar-refractivity contribution in [3.63, 3.8) is 0 Å². The molecule has 2 atom stereocenters. The molecule has 3 nitrogen and oxygen atoms in total. The van der Waals surface area contributed by atoms with Gasteiger partial charge in [0.15, 0.2) is 0 Å². The molecule has 2 aromatic rings. The molecule has 0 aliphatic carbocycles. The second kappa shape index (κ2) is 7.47. The molecule has 0 radical (unpaired) electrons. The van der Waals surface area contributed by atoms with E-state index in [1.54, 1.807) is 4.90 Å². The summed E-state index contributed by atoms with van der Waals surface area (Å²) in [5.41, 5.74) is 0.00105. The maximum absolute atomic E-state index is 14.4. The first-order chi connectivity index (χ1) is 14.2. The lowest BCUT2D eigenvalue weighted by molar-refractivity contribution is -0.128. The lowest BCUT2D eigenvalue weighted by atomic mass is 9.98. The van der Waals surface area contributed by atoms with Crippen molar-refractivity contribution in [2.75, 3.05) is 13.2 Å². The lowest BCUT2D eigenvalue weighted by Gasteiger charge is -2.45. The van der Waals surface area contributed by atoms with Gasteiger partial charge in [0.2, 0.25) is 5.91 Å². The number of alkyl halides is 1. The third-order valence-electron chi connectivity index (χ3n) is 6.52. The minimum absolute atomic E-state index is 0.0683. The van der Waals surface area contributed by atoms with Crippen molar-refractivity contribution in [2.45, 2.75) is 50.9 Å². The Labute approximate surface area is 179 Å². The van der Waals surface area contributed by atoms with Gasteiger partial charge in [0.05, 0.1) is 18.7 Å². The van der Waals surface area contributed by atoms with Crippen molar-refractivity contribution in [3.8, 4) is 0 Å². The molecule has 4 rings (SSSR count). The Hall–Kier alpha value is -2.24. The SMILES string of the molecule is CC1=C[C@@]2(CO[Si](c3ccccc3)(c3ccccc3)C(C)(C)C)C[C@@H](F)CN2C1=O. The van der Waals surface area contributed by atoms with Crippen molar-refractivity contribution in [3.05, 3.63) is 72.3 Å². The normalized spacial score (nSPS) is 24.2. The summed E-state index contributed by atoms with van der Waals surface area (Å²) in [7, 11) is -2.74. The molecular weight excluding hydrogens is 393 g/mol. The van der Waals surface area contributed by atoms with Crippen LogP contribution in [0.5, 0.6) is 0 Å². The fraction of sp³-hybridized carbons (Fsp3) is 0.400. The van der Waals surface area contributed by atoms with E-state index in [9.17, 15) is 9.18 Å². The number of rotatable bonds is 5. The maximum Gasteiger partial charge on any atom is 0.261 e. The van der Waals surface area contributed by atoms with Gasteiger partial charge in [-0.15, -0.1) is 0 Å². The van der Waals surface area contributed by atoms with Gasteiger partial charge in [-0.2, -0.15) is 0 Å². The van der Waals surface area contributed by atoms with Crippen molar-refractivity contribution < 1.29 is 13.6 Å². The molecule has 2 aliphatic heterocycles. The molecule has 30 heavy (non-hydrogen) atoms. The summed E-state index contributed by atoms with van der Waals surface area (Å²) in [6, 6.07) is 20.8. The standard InChI is InChI=1S/C25H30FNO2Si/c1-19-15-25(16-20(26)17-27(25)23(19)28)18-29-30(24(2,3)4,21-11-7-5-8-12-21)22-13-9-6-10-14-22/h5-15,20H,16-18H2,1-4H3/t20-,25+/m1/s1. The lowest BCUT2D eigenvalue weighted by Crippen LogP contribution is -2.68. The van der Waals surface area contributed by atoms with Gasteiger partial charge in [-0.3, -0.25) is 4.79 Å². The molecule has 158 valence electrons. The van der Waals surface area contributed by atoms with Gasteiger partial charge in [-0.1, -0.05) is 81.4 Å². The number of carbonyl (C=O) groups is 1. The Balaban J connectivity index is 1.81. The summed E-state index contributed by atoms with van der Waals surface area (Å²) in [5, 5.41) is 2.21. The average molecular weight is 424 g/mol. The van der Waals surface area contributed by atoms with E-state index in [1.165, 1.54) is 10.4 Å². The molecule has 2 aliphatic rings. The van der Waals surface area contributed by atoms with E-state index >= 15 is 0 Å². The minimum Gasteiger partial charge on any atom is -0.405 e. The van der Waals surface area contributed by atoms with Gasteiger partial charge >= 0.3 is 0 Å². The summed E-state index contributed by atoms with van der Waals surface area (Å²) < 4.78 is 21.5. The molecule has 0 unspecified atom stereocenters. The van der Waals surface area contributed by atoms with Gasteiger partial charge < -0.3 is 9.33 Å². The summed E-state index contributed by atoms with van der Waals surface area (Å²) in [6.07, 6.45) is 1.22. The van der Waals surface area contributed by atoms with Gasteiger partial charge in [0.25, 0.3) is 8.32 Å². The topological polar surface area (TPSA) is 29.5 Å². The van der Waals surface area contributed by atoms with E-state index in [1.807, 2.05) is 25.1 Å². The number of benzene rings is 2. The molecule has 0 bridgehead atoms. The highest BCUT2D eigenvalue weighted by Crippen LogP contribution is 2.42. The number of nitrogens with zero attached hydrogens (tertiary/aromatic N) is 1. The number of halogens is 1. The van der Waals surface area contributed by atoms with Crippen molar-refractivity contribution in [1.29, 1.82) is 0 Å². The summed E-state index contributed by atoms with van der Waals surface area (Å²) >= 11 is 0. The first kappa shape index (κ1) is 21.0. The number of fused-ring (bicyclic) bond motifs is 1. The van der Waals surface area contributed by atoms with Gasteiger partial charge in [0, 0.05) is 12.0 Å². The van der Waals surface area contributed by atoms with Crippen LogP contribution in [0, 0.1) is 0 Å². The van der Waals surface area contributed by atoms with Crippen molar-refractivity contribution in [1.82, 2.24) is 4.90 Å². The molecule has 1 amide bonds. The van der Waals surface area contributed by atoms with Gasteiger partial charge in [0.1, 0.15) is 6.17 Å². The first-order valence-electron chi connectivity index (χ1n) is 10.6. The molecule has 1 fully saturated rings. The minimum atomic E-state index is -2.74. The first-order valence-corrected chi connectivity index (χ1v) is 12.5. The molecule has 1 saturated heterocycles. The van der Waals surface area contributed by atoms with E-state index in [0.717, 1.165) is 0 Å². The highest BCUT2D eigenvalue weighted by atomic mass is 28.4. The van der Waals surface area contributed by atoms with Crippen LogP contribution in [-0.2, 0) is 9.22 Å². The van der Waals surface area contributed by atoms with E-state index in [-0.39, 0.29) is 17.5 Å². The molecule has 5 heteroatoms. The summed E-state index contributed by atoms with van der Waals surface area (Å²) in [4.78, 5) is 14.3. The molecule has 0 N–H and O–H groups in total. The number of carbonyl (C=O) groups excluding carboxylic acids is 1. The zero-order valence-electron chi connectivity index (χ0n) is 18.2. The van der Waals surface area contributed by atoms with Crippen LogP contribution in [0.3, 0.4) is 0 Å². The molecule has 2 heterocycles. The summed E-state index contributed by atoms with van der Waals surface area (Å²) in [5.74, 6) is -0.0683. The van der Waals surface area contributed by atoms with Crippen LogP contribution in [0.25, 0.3) is 0 Å². The molecule has 0 aromatic heterocycles. The van der Waals surface area contributed by atoms with Crippen molar-refractivity contribution >= 4 is 24.6 Å². The highest BCUT2D eigenvalue weighted by molar-refractivity contribution is 6.99. The fourth-order valence-electron chi connectivity index (χ4n) is 5.21. The van der Waals surface area contributed by atoms with E-state index in [2.05, 4.69) is 69.3 Å². The molecule has 0 spiro atoms. The third kappa shape index (κ3) is 3.24. The fourth-order valence-corrected chi connectivity index (χ4v) is 9.83.